The number of allylic oxidation sites excluding steroid dienone is 4. The molecule has 0 unspecified atom stereocenters. The van der Waals surface area contributed by atoms with E-state index in [2.05, 4.69) is 59.8 Å². The van der Waals surface area contributed by atoms with E-state index in [1.807, 2.05) is 18.2 Å². The van der Waals surface area contributed by atoms with Crippen molar-refractivity contribution in [2.75, 3.05) is 7.11 Å². The van der Waals surface area contributed by atoms with Gasteiger partial charge in [-0.05, 0) is 113 Å². The van der Waals surface area contributed by atoms with Crippen LogP contribution in [0.2, 0.25) is 0 Å². The summed E-state index contributed by atoms with van der Waals surface area (Å²) in [5, 5.41) is 32.1. The van der Waals surface area contributed by atoms with Crippen LogP contribution in [0.5, 0.6) is 23.0 Å². The lowest BCUT2D eigenvalue weighted by Crippen LogP contribution is -2.58. The Kier molecular flexibility index (Phi) is 8.75. The van der Waals surface area contributed by atoms with Gasteiger partial charge in [-0.15, -0.1) is 0 Å². The van der Waals surface area contributed by atoms with Crippen LogP contribution < -0.4 is 9.47 Å². The topological polar surface area (TPSA) is 79.2 Å². The van der Waals surface area contributed by atoms with Gasteiger partial charge < -0.3 is 24.8 Å². The van der Waals surface area contributed by atoms with E-state index in [4.69, 9.17) is 9.47 Å². The van der Waals surface area contributed by atoms with Crippen molar-refractivity contribution in [3.8, 4) is 23.0 Å². The molecule has 0 bridgehead atoms. The number of aliphatic hydroxyl groups is 1. The first-order valence-electron chi connectivity index (χ1n) is 14.4. The van der Waals surface area contributed by atoms with Gasteiger partial charge in [0.2, 0.25) is 0 Å². The summed E-state index contributed by atoms with van der Waals surface area (Å²) in [4.78, 5) is 0. The summed E-state index contributed by atoms with van der Waals surface area (Å²) >= 11 is 0. The van der Waals surface area contributed by atoms with E-state index in [0.29, 0.717) is 23.3 Å². The molecule has 40 heavy (non-hydrogen) atoms. The van der Waals surface area contributed by atoms with E-state index in [1.165, 1.54) is 11.1 Å². The fourth-order valence-corrected chi connectivity index (χ4v) is 6.37. The summed E-state index contributed by atoms with van der Waals surface area (Å²) in [6, 6.07) is 7.45. The van der Waals surface area contributed by atoms with Crippen molar-refractivity contribution in [3.63, 3.8) is 0 Å². The monoisotopic (exact) mass is 546 g/mol. The Labute approximate surface area is 239 Å². The van der Waals surface area contributed by atoms with Crippen molar-refractivity contribution in [1.29, 1.82) is 0 Å². The second-order valence-electron chi connectivity index (χ2n) is 12.7. The lowest BCUT2D eigenvalue weighted by Gasteiger charge is -2.55. The van der Waals surface area contributed by atoms with Gasteiger partial charge in [-0.2, -0.15) is 0 Å². The molecule has 2 aliphatic rings. The molecule has 216 valence electrons. The molecule has 0 spiro atoms. The third kappa shape index (κ3) is 6.25. The zero-order valence-electron chi connectivity index (χ0n) is 25.2. The molecule has 2 aromatic carbocycles. The molecular weight excluding hydrogens is 500 g/mol. The molecule has 0 radical (unpaired) electrons. The first-order chi connectivity index (χ1) is 18.8. The van der Waals surface area contributed by atoms with E-state index in [9.17, 15) is 15.3 Å². The first kappa shape index (κ1) is 29.8. The van der Waals surface area contributed by atoms with Crippen molar-refractivity contribution < 1.29 is 24.8 Å². The van der Waals surface area contributed by atoms with Gasteiger partial charge in [0.05, 0.1) is 13.2 Å². The predicted octanol–water partition coefficient (Wildman–Crippen LogP) is 8.00. The lowest BCUT2D eigenvalue weighted by atomic mass is 9.57. The maximum absolute atomic E-state index is 10.7. The largest absolute Gasteiger partial charge is 0.507 e. The SMILES string of the molecule is COc1cc(/C=C/c2cc(O)c(C/C=C(\C)CCC=C(C)C)c(O)c2)cc2c1O[C@]1(C)CC[C@@H](O)C(C)(C)[C@H]1C2. The van der Waals surface area contributed by atoms with E-state index in [0.717, 1.165) is 49.0 Å². The average Bonchev–Trinajstić information content (AvgIpc) is 2.88. The highest BCUT2D eigenvalue weighted by Gasteiger charge is 2.54. The minimum absolute atomic E-state index is 0.0850. The maximum atomic E-state index is 10.7. The van der Waals surface area contributed by atoms with E-state index >= 15 is 0 Å². The molecule has 5 nitrogen and oxygen atoms in total. The highest BCUT2D eigenvalue weighted by atomic mass is 16.5. The number of fused-ring (bicyclic) bond motifs is 2. The van der Waals surface area contributed by atoms with Gasteiger partial charge >= 0.3 is 0 Å². The molecule has 0 amide bonds. The van der Waals surface area contributed by atoms with Gasteiger partial charge in [-0.1, -0.05) is 49.3 Å². The highest BCUT2D eigenvalue weighted by Crippen LogP contribution is 2.55. The van der Waals surface area contributed by atoms with Crippen LogP contribution >= 0.6 is 0 Å². The summed E-state index contributed by atoms with van der Waals surface area (Å²) in [5.41, 5.74) is 5.18. The summed E-state index contributed by atoms with van der Waals surface area (Å²) in [5.74, 6) is 1.82. The summed E-state index contributed by atoms with van der Waals surface area (Å²) in [7, 11) is 1.65. The van der Waals surface area contributed by atoms with Crippen LogP contribution in [-0.2, 0) is 12.8 Å². The quantitative estimate of drug-likeness (QED) is 0.231. The van der Waals surface area contributed by atoms with Crippen LogP contribution in [0.3, 0.4) is 0 Å². The number of methoxy groups -OCH3 is 1. The number of aromatic hydroxyl groups is 2. The first-order valence-corrected chi connectivity index (χ1v) is 14.4. The van der Waals surface area contributed by atoms with Crippen LogP contribution in [0.4, 0.5) is 0 Å². The smallest absolute Gasteiger partial charge is 0.165 e. The third-order valence-electron chi connectivity index (χ3n) is 8.98. The molecule has 1 aliphatic heterocycles. The molecule has 5 heteroatoms. The number of phenols is 2. The molecule has 0 aromatic heterocycles. The van der Waals surface area contributed by atoms with Gasteiger partial charge in [0.15, 0.2) is 11.5 Å². The Balaban J connectivity index is 1.55. The normalized spacial score (nSPS) is 23.8. The molecule has 0 saturated heterocycles. The van der Waals surface area contributed by atoms with Crippen LogP contribution in [-0.4, -0.2) is 34.1 Å². The Morgan fingerprint density at radius 1 is 1.00 bits per heavy atom. The zero-order chi connectivity index (χ0) is 29.2. The molecule has 4 rings (SSSR count). The van der Waals surface area contributed by atoms with Crippen molar-refractivity contribution in [2.24, 2.45) is 11.3 Å². The molecule has 1 heterocycles. The molecular formula is C35H46O5. The number of benzene rings is 2. The number of phenolic OH excluding ortho intramolecular Hbond substituents is 2. The van der Waals surface area contributed by atoms with Crippen LogP contribution in [0.15, 0.2) is 47.6 Å². The Bertz CT molecular complexity index is 1300. The Morgan fingerprint density at radius 3 is 2.27 bits per heavy atom. The molecule has 1 fully saturated rings. The minimum atomic E-state index is -0.356. The van der Waals surface area contributed by atoms with Gasteiger partial charge in [0.1, 0.15) is 17.1 Å². The summed E-state index contributed by atoms with van der Waals surface area (Å²) < 4.78 is 12.4. The predicted molar refractivity (Wildman–Crippen MR) is 163 cm³/mol. The fourth-order valence-electron chi connectivity index (χ4n) is 6.37. The van der Waals surface area contributed by atoms with Crippen molar-refractivity contribution in [3.05, 3.63) is 69.8 Å². The third-order valence-corrected chi connectivity index (χ3v) is 8.98. The summed E-state index contributed by atoms with van der Waals surface area (Å²) in [6.07, 6.45) is 12.5. The number of aliphatic hydroxyl groups excluding tert-OH is 1. The molecule has 1 aliphatic carbocycles. The van der Waals surface area contributed by atoms with Gasteiger partial charge in [0, 0.05) is 11.5 Å². The van der Waals surface area contributed by atoms with E-state index in [1.54, 1.807) is 19.2 Å². The average molecular weight is 547 g/mol. The van der Waals surface area contributed by atoms with Gasteiger partial charge in [-0.3, -0.25) is 0 Å². The second-order valence-corrected chi connectivity index (χ2v) is 12.7. The van der Waals surface area contributed by atoms with Gasteiger partial charge in [0.25, 0.3) is 0 Å². The number of hydrogen-bond donors (Lipinski definition) is 3. The standard InChI is InChI=1S/C35H46O5/c1-22(2)9-8-10-23(3)11-14-27-28(36)18-25(19-29(27)37)13-12-24-17-26-21-31-34(4,5)32(38)15-16-35(31,6)40-33(26)30(20-24)39-7/h9,11-13,17-20,31-32,36-38H,8,10,14-16,21H2,1-7H3/b13-12+,23-11+/t31-,32-,35-/m1/s1. The van der Waals surface area contributed by atoms with Crippen molar-refractivity contribution in [1.82, 2.24) is 0 Å². The lowest BCUT2D eigenvalue weighted by molar-refractivity contribution is -0.138. The second kappa shape index (κ2) is 11.7. The molecule has 1 saturated carbocycles. The van der Waals surface area contributed by atoms with Crippen LogP contribution in [0.1, 0.15) is 89.5 Å². The van der Waals surface area contributed by atoms with Crippen molar-refractivity contribution >= 4 is 12.2 Å². The Morgan fingerprint density at radius 2 is 1.65 bits per heavy atom. The number of rotatable bonds is 8. The van der Waals surface area contributed by atoms with E-state index < -0.39 is 0 Å². The highest BCUT2D eigenvalue weighted by molar-refractivity contribution is 5.73. The fraction of sp³-hybridized carbons (Fsp3) is 0.486. The van der Waals surface area contributed by atoms with Gasteiger partial charge in [-0.25, -0.2) is 0 Å². The maximum Gasteiger partial charge on any atom is 0.165 e. The zero-order valence-corrected chi connectivity index (χ0v) is 25.2. The minimum Gasteiger partial charge on any atom is -0.507 e. The number of ether oxygens (including phenoxy) is 2. The number of hydrogen-bond acceptors (Lipinski definition) is 5. The van der Waals surface area contributed by atoms with Crippen LogP contribution in [0, 0.1) is 11.3 Å². The van der Waals surface area contributed by atoms with Crippen LogP contribution in [0.25, 0.3) is 12.2 Å². The Hall–Kier alpha value is -3.18. The molecule has 3 atom stereocenters. The molecule has 3 N–H and O–H groups in total. The molecule has 2 aromatic rings. The summed E-state index contributed by atoms with van der Waals surface area (Å²) in [6.45, 7) is 12.7. The van der Waals surface area contributed by atoms with E-state index in [-0.39, 0.29) is 34.5 Å². The van der Waals surface area contributed by atoms with Crippen molar-refractivity contribution in [2.45, 2.75) is 91.8 Å².